The maximum absolute atomic E-state index is 10.2. The first-order valence-corrected chi connectivity index (χ1v) is 13.5. The Hall–Kier alpha value is -1.76. The van der Waals surface area contributed by atoms with Crippen molar-refractivity contribution >= 4 is 22.9 Å². The van der Waals surface area contributed by atoms with E-state index in [4.69, 9.17) is 14.7 Å². The summed E-state index contributed by atoms with van der Waals surface area (Å²) < 4.78 is 5.70. The van der Waals surface area contributed by atoms with Gasteiger partial charge in [0.15, 0.2) is 5.84 Å². The number of aryl methyl sites for hydroxylation is 1. The van der Waals surface area contributed by atoms with Gasteiger partial charge in [0.1, 0.15) is 5.71 Å². The molecule has 0 aromatic carbocycles. The summed E-state index contributed by atoms with van der Waals surface area (Å²) in [6, 6.07) is 2.22. The molecule has 1 aromatic heterocycles. The van der Waals surface area contributed by atoms with Crippen LogP contribution in [0.1, 0.15) is 82.0 Å². The molecule has 6 heteroatoms. The number of ether oxygens (including phenoxy) is 1. The van der Waals surface area contributed by atoms with Crippen LogP contribution in [0.15, 0.2) is 40.1 Å². The van der Waals surface area contributed by atoms with Gasteiger partial charge in [0.05, 0.1) is 13.2 Å². The molecule has 34 heavy (non-hydrogen) atoms. The van der Waals surface area contributed by atoms with E-state index in [1.54, 1.807) is 11.3 Å². The zero-order valence-electron chi connectivity index (χ0n) is 22.4. The summed E-state index contributed by atoms with van der Waals surface area (Å²) in [5.74, 6) is 1.40. The van der Waals surface area contributed by atoms with Crippen LogP contribution in [0.2, 0.25) is 0 Å². The van der Waals surface area contributed by atoms with Gasteiger partial charge in [0, 0.05) is 52.9 Å². The van der Waals surface area contributed by atoms with E-state index in [1.165, 1.54) is 20.9 Å². The topological polar surface area (TPSA) is 57.4 Å². The van der Waals surface area contributed by atoms with Crippen molar-refractivity contribution in [1.29, 1.82) is 0 Å². The monoisotopic (exact) mass is 487 g/mol. The molecule has 2 atom stereocenters. The SMILES string of the molecule is C=C(C)N=C1C(C(CC)CCC)=CN(C)C1=NCc1sc(C(C)(CO)CCOCCC)cc1C. The summed E-state index contributed by atoms with van der Waals surface area (Å²) in [4.78, 5) is 14.4. The highest BCUT2D eigenvalue weighted by molar-refractivity contribution is 7.12. The Morgan fingerprint density at radius 1 is 1.26 bits per heavy atom. The summed E-state index contributed by atoms with van der Waals surface area (Å²) in [6.45, 7) is 19.0. The lowest BCUT2D eigenvalue weighted by Crippen LogP contribution is -2.27. The van der Waals surface area contributed by atoms with E-state index in [2.05, 4.69) is 65.4 Å². The van der Waals surface area contributed by atoms with E-state index in [1.807, 2.05) is 6.92 Å². The molecule has 1 aromatic rings. The summed E-state index contributed by atoms with van der Waals surface area (Å²) in [5, 5.41) is 10.2. The van der Waals surface area contributed by atoms with Gasteiger partial charge in [-0.3, -0.25) is 9.98 Å². The molecule has 0 radical (unpaired) electrons. The Kier molecular flexibility index (Phi) is 11.2. The first-order valence-electron chi connectivity index (χ1n) is 12.7. The van der Waals surface area contributed by atoms with Crippen molar-refractivity contribution in [2.24, 2.45) is 15.9 Å². The van der Waals surface area contributed by atoms with E-state index in [-0.39, 0.29) is 12.0 Å². The maximum Gasteiger partial charge on any atom is 0.154 e. The molecular weight excluding hydrogens is 442 g/mol. The minimum atomic E-state index is -0.297. The normalized spacial score (nSPS) is 19.1. The van der Waals surface area contributed by atoms with E-state index in [9.17, 15) is 5.11 Å². The molecule has 1 aliphatic rings. The zero-order valence-corrected chi connectivity index (χ0v) is 23.2. The minimum absolute atomic E-state index is 0.109. The fraction of sp³-hybridized carbons (Fsp3) is 0.643. The molecule has 2 rings (SSSR count). The van der Waals surface area contributed by atoms with Crippen LogP contribution in [-0.2, 0) is 16.7 Å². The Labute approximate surface area is 211 Å². The molecular formula is C28H45N3O2S. The van der Waals surface area contributed by atoms with Gasteiger partial charge in [0.2, 0.25) is 0 Å². The standard InChI is InChI=1S/C28H45N3O2S/c1-9-12-22(11-3)23-18-31(8)27(26(23)30-20(4)5)29-17-24-21(6)16-25(34-24)28(7,19-32)13-15-33-14-10-2/h16,18,22,32H,4,9-15,17,19H2,1-3,5-8H3. The first kappa shape index (κ1) is 28.5. The van der Waals surface area contributed by atoms with Crippen molar-refractivity contribution in [2.75, 3.05) is 26.9 Å². The molecule has 2 heterocycles. The van der Waals surface area contributed by atoms with Gasteiger partial charge in [-0.25, -0.2) is 0 Å². The largest absolute Gasteiger partial charge is 0.395 e. The molecule has 190 valence electrons. The zero-order chi connectivity index (χ0) is 25.3. The molecule has 0 amide bonds. The van der Waals surface area contributed by atoms with E-state index < -0.39 is 0 Å². The summed E-state index contributed by atoms with van der Waals surface area (Å²) in [6.07, 6.45) is 7.40. The number of allylic oxidation sites excluding steroid dienone is 1. The highest BCUT2D eigenvalue weighted by Crippen LogP contribution is 2.36. The number of aliphatic hydroxyl groups excluding tert-OH is 1. The van der Waals surface area contributed by atoms with Gasteiger partial charge >= 0.3 is 0 Å². The van der Waals surface area contributed by atoms with Gasteiger partial charge in [-0.15, -0.1) is 11.3 Å². The Balaban J connectivity index is 2.28. The highest BCUT2D eigenvalue weighted by Gasteiger charge is 2.31. The van der Waals surface area contributed by atoms with Crippen LogP contribution in [0, 0.1) is 12.8 Å². The van der Waals surface area contributed by atoms with Crippen LogP contribution in [0.4, 0.5) is 0 Å². The molecule has 0 aliphatic carbocycles. The number of aliphatic imine (C=N–C) groups is 2. The summed E-state index contributed by atoms with van der Waals surface area (Å²) in [7, 11) is 2.06. The predicted molar refractivity (Wildman–Crippen MR) is 147 cm³/mol. The third kappa shape index (κ3) is 7.12. The molecule has 0 saturated heterocycles. The average molecular weight is 488 g/mol. The number of hydrogen-bond acceptors (Lipinski definition) is 5. The van der Waals surface area contributed by atoms with Gasteiger partial charge in [-0.1, -0.05) is 40.7 Å². The molecule has 2 unspecified atom stereocenters. The van der Waals surface area contributed by atoms with Crippen molar-refractivity contribution < 1.29 is 9.84 Å². The summed E-state index contributed by atoms with van der Waals surface area (Å²) >= 11 is 1.76. The number of nitrogens with zero attached hydrogens (tertiary/aromatic N) is 3. The lowest BCUT2D eigenvalue weighted by molar-refractivity contribution is 0.0993. The molecule has 0 bridgehead atoms. The van der Waals surface area contributed by atoms with Gasteiger partial charge in [-0.2, -0.15) is 0 Å². The fourth-order valence-corrected chi connectivity index (χ4v) is 5.55. The van der Waals surface area contributed by atoms with Crippen molar-refractivity contribution in [3.8, 4) is 0 Å². The number of amidine groups is 1. The second-order valence-electron chi connectivity index (χ2n) is 9.72. The van der Waals surface area contributed by atoms with Gasteiger partial charge in [0.25, 0.3) is 0 Å². The molecule has 0 spiro atoms. The first-order chi connectivity index (χ1) is 16.2. The van der Waals surface area contributed by atoms with Crippen LogP contribution >= 0.6 is 11.3 Å². The van der Waals surface area contributed by atoms with Crippen molar-refractivity contribution in [1.82, 2.24) is 4.90 Å². The van der Waals surface area contributed by atoms with Crippen LogP contribution in [0.25, 0.3) is 0 Å². The second kappa shape index (κ2) is 13.4. The second-order valence-corrected chi connectivity index (χ2v) is 10.9. The van der Waals surface area contributed by atoms with Crippen LogP contribution in [0.5, 0.6) is 0 Å². The minimum Gasteiger partial charge on any atom is -0.395 e. The van der Waals surface area contributed by atoms with Gasteiger partial charge in [-0.05, 0) is 57.1 Å². The number of aliphatic hydroxyl groups is 1. The number of thiophene rings is 1. The Morgan fingerprint density at radius 3 is 2.59 bits per heavy atom. The van der Waals surface area contributed by atoms with Crippen molar-refractivity contribution in [3.05, 3.63) is 45.4 Å². The van der Waals surface area contributed by atoms with E-state index >= 15 is 0 Å². The van der Waals surface area contributed by atoms with Crippen LogP contribution in [0.3, 0.4) is 0 Å². The van der Waals surface area contributed by atoms with Gasteiger partial charge < -0.3 is 14.7 Å². The lowest BCUT2D eigenvalue weighted by atomic mass is 9.86. The molecule has 5 nitrogen and oxygen atoms in total. The van der Waals surface area contributed by atoms with Crippen LogP contribution < -0.4 is 0 Å². The van der Waals surface area contributed by atoms with E-state index in [0.717, 1.165) is 56.0 Å². The fourth-order valence-electron chi connectivity index (χ4n) is 4.29. The number of rotatable bonds is 14. The quantitative estimate of drug-likeness (QED) is 0.299. The van der Waals surface area contributed by atoms with E-state index in [0.29, 0.717) is 19.1 Å². The molecule has 0 fully saturated rings. The third-order valence-corrected chi connectivity index (χ3v) is 8.04. The summed E-state index contributed by atoms with van der Waals surface area (Å²) in [5.41, 5.74) is 3.97. The Morgan fingerprint density at radius 2 is 2.00 bits per heavy atom. The van der Waals surface area contributed by atoms with Crippen LogP contribution in [-0.4, -0.2) is 48.4 Å². The highest BCUT2D eigenvalue weighted by atomic mass is 32.1. The third-order valence-electron chi connectivity index (χ3n) is 6.51. The van der Waals surface area contributed by atoms with Crippen molar-refractivity contribution in [2.45, 2.75) is 85.6 Å². The molecule has 1 aliphatic heterocycles. The van der Waals surface area contributed by atoms with Crippen molar-refractivity contribution in [3.63, 3.8) is 0 Å². The molecule has 1 N–H and O–H groups in total. The molecule has 0 saturated carbocycles. The lowest BCUT2D eigenvalue weighted by Gasteiger charge is -2.26. The maximum atomic E-state index is 10.2. The predicted octanol–water partition coefficient (Wildman–Crippen LogP) is 6.65. The smallest absolute Gasteiger partial charge is 0.154 e. The average Bonchev–Trinajstić information content (AvgIpc) is 3.32. The Bertz CT molecular complexity index is 915. The number of hydrogen-bond donors (Lipinski definition) is 1.